The molecule has 0 unspecified atom stereocenters. The first-order valence-corrected chi connectivity index (χ1v) is 17.9. The van der Waals surface area contributed by atoms with Crippen LogP contribution in [-0.4, -0.2) is 30.6 Å². The van der Waals surface area contributed by atoms with Crippen LogP contribution < -0.4 is 0 Å². The summed E-state index contributed by atoms with van der Waals surface area (Å²) >= 11 is 0. The zero-order valence-electron chi connectivity index (χ0n) is 24.7. The number of halogens is 6. The van der Waals surface area contributed by atoms with Crippen molar-refractivity contribution in [1.29, 1.82) is 0 Å². The Morgan fingerprint density at radius 1 is 0.881 bits per heavy atom. The van der Waals surface area contributed by atoms with Gasteiger partial charge >= 0.3 is 18.3 Å². The van der Waals surface area contributed by atoms with Crippen molar-refractivity contribution >= 4 is 14.0 Å². The summed E-state index contributed by atoms with van der Waals surface area (Å²) in [6.45, 7) is 7.30. The van der Waals surface area contributed by atoms with Crippen molar-refractivity contribution in [3.05, 3.63) is 70.8 Å². The summed E-state index contributed by atoms with van der Waals surface area (Å²) in [6.07, 6.45) is -5.31. The Labute approximate surface area is 246 Å². The van der Waals surface area contributed by atoms with Crippen LogP contribution >= 0.6 is 0 Å². The van der Waals surface area contributed by atoms with Crippen LogP contribution in [0.3, 0.4) is 0 Å². The number of benzene rings is 2. The summed E-state index contributed by atoms with van der Waals surface area (Å²) in [5.41, 5.74) is -0.0922. The summed E-state index contributed by atoms with van der Waals surface area (Å²) in [4.78, 5) is 13.7. The molecule has 1 saturated heterocycles. The van der Waals surface area contributed by atoms with E-state index in [9.17, 15) is 36.2 Å². The van der Waals surface area contributed by atoms with Gasteiger partial charge in [-0.15, -0.1) is 0 Å². The van der Waals surface area contributed by atoms with Gasteiger partial charge in [0.15, 0.2) is 0 Å². The van der Waals surface area contributed by atoms with Gasteiger partial charge in [-0.1, -0.05) is 82.1 Å². The lowest BCUT2D eigenvalue weighted by atomic mass is 9.82. The highest BCUT2D eigenvalue weighted by Crippen LogP contribution is 2.44. The van der Waals surface area contributed by atoms with Gasteiger partial charge in [0.2, 0.25) is 0 Å². The third-order valence-electron chi connectivity index (χ3n) is 9.55. The summed E-state index contributed by atoms with van der Waals surface area (Å²) < 4.78 is 79.9. The molecule has 10 heteroatoms. The largest absolute Gasteiger partial charge is 0.481 e. The molecule has 0 aromatic heterocycles. The highest BCUT2D eigenvalue weighted by atomic mass is 28.3. The number of likely N-dealkylation sites (tertiary alicyclic amines) is 1. The first-order valence-electron chi connectivity index (χ1n) is 15.0. The predicted molar refractivity (Wildman–Crippen MR) is 156 cm³/mol. The molecule has 2 aromatic carbocycles. The van der Waals surface area contributed by atoms with E-state index < -0.39 is 37.5 Å². The second-order valence-electron chi connectivity index (χ2n) is 11.8. The summed E-state index contributed by atoms with van der Waals surface area (Å²) in [5, 5.41) is 9.44. The molecule has 1 fully saturated rings. The van der Waals surface area contributed by atoms with Gasteiger partial charge in [0.25, 0.3) is 0 Å². The van der Waals surface area contributed by atoms with Crippen LogP contribution in [0.25, 0.3) is 0 Å². The molecule has 1 aliphatic rings. The lowest BCUT2D eigenvalue weighted by Crippen LogP contribution is -2.40. The third kappa shape index (κ3) is 8.84. The van der Waals surface area contributed by atoms with Gasteiger partial charge < -0.3 is 5.11 Å². The second kappa shape index (κ2) is 14.4. The van der Waals surface area contributed by atoms with Crippen LogP contribution in [0, 0.1) is 5.92 Å². The van der Waals surface area contributed by atoms with E-state index >= 15 is 0 Å². The van der Waals surface area contributed by atoms with Crippen LogP contribution in [-0.2, 0) is 17.1 Å². The predicted octanol–water partition coefficient (Wildman–Crippen LogP) is 10.4. The monoisotopic (exact) mass is 615 g/mol. The molecular formula is C32H43F6NO2Si. The van der Waals surface area contributed by atoms with Gasteiger partial charge in [-0.25, -0.2) is 0 Å². The topological polar surface area (TPSA) is 40.5 Å². The van der Waals surface area contributed by atoms with Crippen molar-refractivity contribution in [2.75, 3.05) is 6.54 Å². The van der Waals surface area contributed by atoms with Gasteiger partial charge in [-0.3, -0.25) is 9.69 Å². The van der Waals surface area contributed by atoms with Crippen molar-refractivity contribution in [1.82, 2.24) is 4.90 Å². The van der Waals surface area contributed by atoms with Gasteiger partial charge in [0, 0.05) is 18.5 Å². The van der Waals surface area contributed by atoms with Crippen molar-refractivity contribution in [3.8, 4) is 0 Å². The Kier molecular flexibility index (Phi) is 11.7. The number of unbranched alkanes of at least 4 members (excludes halogenated alkanes) is 1. The lowest BCUT2D eigenvalue weighted by Gasteiger charge is -2.44. The average molecular weight is 616 g/mol. The van der Waals surface area contributed by atoms with Crippen LogP contribution in [0.2, 0.25) is 24.2 Å². The van der Waals surface area contributed by atoms with Crippen LogP contribution in [0.1, 0.15) is 93.6 Å². The average Bonchev–Trinajstić information content (AvgIpc) is 2.95. The Morgan fingerprint density at radius 3 is 1.88 bits per heavy atom. The first kappa shape index (κ1) is 34.2. The van der Waals surface area contributed by atoms with E-state index in [1.165, 1.54) is 48.4 Å². The number of aliphatic carboxylic acids is 1. The molecule has 0 saturated carbocycles. The highest BCUT2D eigenvalue weighted by Gasteiger charge is 2.37. The maximum absolute atomic E-state index is 13.3. The summed E-state index contributed by atoms with van der Waals surface area (Å²) in [7, 11) is -1.33. The minimum atomic E-state index is -4.48. The van der Waals surface area contributed by atoms with E-state index in [1.807, 2.05) is 0 Å². The number of carboxylic acids is 1. The Bertz CT molecular complexity index is 1120. The van der Waals surface area contributed by atoms with Crippen LogP contribution in [0.15, 0.2) is 48.5 Å². The molecule has 3 atom stereocenters. The number of alkyl halides is 6. The molecule has 1 aliphatic heterocycles. The molecule has 0 amide bonds. The zero-order valence-corrected chi connectivity index (χ0v) is 25.7. The molecule has 0 aliphatic carbocycles. The standard InChI is InChI=1S/C32H43F6NO2Si/c1-4-42(5-2,6-3)20-8-7-9-28(24-10-14-26(15-11-24)31(33,34)35)39-19-18-23(22-30(40)41)21-29(39)25-12-16-27(17-13-25)32(36,37)38/h10-17,23,28-29H,4-9,18-22H2,1-3H3,(H,40,41)/t23-,28-,29+/m1/s1. The molecule has 2 aromatic rings. The number of piperidine rings is 1. The van der Waals surface area contributed by atoms with E-state index in [4.69, 9.17) is 0 Å². The zero-order chi connectivity index (χ0) is 31.1. The van der Waals surface area contributed by atoms with Crippen molar-refractivity contribution in [3.63, 3.8) is 0 Å². The quantitative estimate of drug-likeness (QED) is 0.138. The molecular weight excluding hydrogens is 572 g/mol. The minimum Gasteiger partial charge on any atom is -0.481 e. The molecule has 234 valence electrons. The molecule has 0 bridgehead atoms. The fraction of sp³-hybridized carbons (Fsp3) is 0.594. The van der Waals surface area contributed by atoms with E-state index in [0.29, 0.717) is 31.4 Å². The van der Waals surface area contributed by atoms with Crippen LogP contribution in [0.5, 0.6) is 0 Å². The lowest BCUT2D eigenvalue weighted by molar-refractivity contribution is -0.139. The second-order valence-corrected chi connectivity index (χ2v) is 17.4. The maximum Gasteiger partial charge on any atom is 0.416 e. The molecule has 3 nitrogen and oxygen atoms in total. The number of nitrogens with zero attached hydrogens (tertiary/aromatic N) is 1. The highest BCUT2D eigenvalue weighted by molar-refractivity contribution is 6.79. The van der Waals surface area contributed by atoms with Crippen molar-refractivity contribution in [2.24, 2.45) is 5.92 Å². The van der Waals surface area contributed by atoms with Crippen molar-refractivity contribution < 1.29 is 36.2 Å². The van der Waals surface area contributed by atoms with Crippen molar-refractivity contribution in [2.45, 2.75) is 108 Å². The normalized spacial score (nSPS) is 19.5. The fourth-order valence-corrected chi connectivity index (χ4v) is 10.2. The van der Waals surface area contributed by atoms with Gasteiger partial charge in [-0.05, 0) is 67.1 Å². The summed E-state index contributed by atoms with van der Waals surface area (Å²) in [6, 6.07) is 14.5. The molecule has 1 heterocycles. The Balaban J connectivity index is 1.95. The molecule has 1 N–H and O–H groups in total. The minimum absolute atomic E-state index is 0.0340. The maximum atomic E-state index is 13.3. The van der Waals surface area contributed by atoms with Gasteiger partial charge in [0.05, 0.1) is 19.2 Å². The SMILES string of the molecule is CC[Si](CC)(CC)CCCC[C@H](c1ccc(C(F)(F)F)cc1)N1CC[C@@H](CC(=O)O)C[C@H]1c1ccc(C(F)(F)F)cc1. The number of carbonyl (C=O) groups is 1. The molecule has 0 spiro atoms. The Morgan fingerprint density at radius 2 is 1.40 bits per heavy atom. The van der Waals surface area contributed by atoms with E-state index in [-0.39, 0.29) is 24.4 Å². The van der Waals surface area contributed by atoms with Crippen LogP contribution in [0.4, 0.5) is 26.3 Å². The Hall–Kier alpha value is -2.33. The first-order chi connectivity index (χ1) is 19.7. The number of rotatable bonds is 13. The van der Waals surface area contributed by atoms with E-state index in [0.717, 1.165) is 42.7 Å². The van der Waals surface area contributed by atoms with E-state index in [2.05, 4.69) is 25.7 Å². The summed E-state index contributed by atoms with van der Waals surface area (Å²) in [5.74, 6) is -1.07. The number of carboxylic acid groups (broad SMARTS) is 1. The number of hydrogen-bond donors (Lipinski definition) is 1. The smallest absolute Gasteiger partial charge is 0.416 e. The third-order valence-corrected chi connectivity index (χ3v) is 15.5. The molecule has 42 heavy (non-hydrogen) atoms. The van der Waals surface area contributed by atoms with Gasteiger partial charge in [-0.2, -0.15) is 26.3 Å². The van der Waals surface area contributed by atoms with Gasteiger partial charge in [0.1, 0.15) is 0 Å². The molecule has 0 radical (unpaired) electrons. The number of hydrogen-bond acceptors (Lipinski definition) is 2. The van der Waals surface area contributed by atoms with E-state index in [1.54, 1.807) is 0 Å². The molecule has 3 rings (SSSR count). The fourth-order valence-electron chi connectivity index (χ4n) is 6.62.